The average molecular weight is 354 g/mol. The van der Waals surface area contributed by atoms with Crippen molar-refractivity contribution in [1.82, 2.24) is 10.0 Å². The van der Waals surface area contributed by atoms with Crippen LogP contribution in [0, 0.1) is 15.5 Å². The second-order valence-electron chi connectivity index (χ2n) is 5.37. The van der Waals surface area contributed by atoms with Gasteiger partial charge in [-0.1, -0.05) is 18.5 Å². The van der Waals surface area contributed by atoms with Gasteiger partial charge in [-0.25, -0.2) is 13.1 Å². The maximum atomic E-state index is 12.2. The van der Waals surface area contributed by atoms with Gasteiger partial charge in [0.25, 0.3) is 5.69 Å². The molecule has 2 N–H and O–H groups in total. The molecule has 118 valence electrons. The van der Waals surface area contributed by atoms with Crippen LogP contribution in [0.1, 0.15) is 19.8 Å². The van der Waals surface area contributed by atoms with E-state index in [2.05, 4.69) is 10.0 Å². The fourth-order valence-electron chi connectivity index (χ4n) is 2.14. The molecule has 0 spiro atoms. The van der Waals surface area contributed by atoms with E-state index < -0.39 is 14.9 Å². The molecule has 2 rings (SSSR count). The minimum Gasteiger partial charge on any atom is -0.317 e. The smallest absolute Gasteiger partial charge is 0.300 e. The van der Waals surface area contributed by atoms with Crippen molar-refractivity contribution in [2.45, 2.75) is 24.0 Å². The van der Waals surface area contributed by atoms with Gasteiger partial charge < -0.3 is 5.32 Å². The first-order valence-electron chi connectivity index (χ1n) is 6.38. The third-order valence-corrected chi connectivity index (χ3v) is 6.82. The quantitative estimate of drug-likeness (QED) is 0.622. The highest BCUT2D eigenvalue weighted by atomic mass is 35.5. The number of hydrogen-bond donors (Lipinski definition) is 2. The summed E-state index contributed by atoms with van der Waals surface area (Å²) < 4.78 is 26.7. The number of piperidine rings is 1. The van der Waals surface area contributed by atoms with E-state index in [0.717, 1.165) is 32.0 Å². The number of rotatable bonds is 5. The number of nitrogens with zero attached hydrogens (tertiary/aromatic N) is 1. The van der Waals surface area contributed by atoms with Crippen LogP contribution >= 0.6 is 22.9 Å². The van der Waals surface area contributed by atoms with Crippen molar-refractivity contribution in [1.29, 1.82) is 0 Å². The molecule has 1 aromatic rings. The molecule has 0 saturated carbocycles. The van der Waals surface area contributed by atoms with Gasteiger partial charge in [0.1, 0.15) is 4.21 Å². The zero-order chi connectivity index (χ0) is 15.7. The average Bonchev–Trinajstić information content (AvgIpc) is 2.81. The van der Waals surface area contributed by atoms with E-state index in [9.17, 15) is 18.5 Å². The third-order valence-electron chi connectivity index (χ3n) is 3.61. The first-order valence-corrected chi connectivity index (χ1v) is 9.05. The van der Waals surface area contributed by atoms with Crippen LogP contribution in [0.5, 0.6) is 0 Å². The standard InChI is InChI=1S/C11H16ClN3O4S2/c1-11(2-4-13-5-3-11)7-14-21(18,19)9-6-8(15(16)17)10(12)20-9/h6,13-14H,2-5,7H2,1H3. The van der Waals surface area contributed by atoms with Crippen LogP contribution in [0.25, 0.3) is 0 Å². The van der Waals surface area contributed by atoms with Crippen molar-refractivity contribution in [3.8, 4) is 0 Å². The molecule has 1 saturated heterocycles. The summed E-state index contributed by atoms with van der Waals surface area (Å²) in [5, 5.41) is 13.9. The second-order valence-corrected chi connectivity index (χ2v) is 9.01. The molecule has 0 amide bonds. The van der Waals surface area contributed by atoms with Crippen molar-refractivity contribution in [3.05, 3.63) is 20.5 Å². The van der Waals surface area contributed by atoms with Gasteiger partial charge in [-0.3, -0.25) is 10.1 Å². The fourth-order valence-corrected chi connectivity index (χ4v) is 5.05. The Labute approximate surface area is 131 Å². The van der Waals surface area contributed by atoms with Crippen molar-refractivity contribution in [3.63, 3.8) is 0 Å². The molecule has 0 unspecified atom stereocenters. The van der Waals surface area contributed by atoms with E-state index in [-0.39, 0.29) is 19.6 Å². The number of thiophene rings is 1. The van der Waals surface area contributed by atoms with E-state index >= 15 is 0 Å². The molecule has 1 aliphatic rings. The molecular formula is C11H16ClN3O4S2. The Hall–Kier alpha value is -0.740. The highest BCUT2D eigenvalue weighted by molar-refractivity contribution is 7.91. The van der Waals surface area contributed by atoms with E-state index in [1.165, 1.54) is 0 Å². The molecular weight excluding hydrogens is 338 g/mol. The molecule has 21 heavy (non-hydrogen) atoms. The van der Waals surface area contributed by atoms with Crippen LogP contribution in [-0.2, 0) is 10.0 Å². The summed E-state index contributed by atoms with van der Waals surface area (Å²) in [6, 6.07) is 1.00. The predicted octanol–water partition coefficient (Wildman–Crippen LogP) is 1.98. The van der Waals surface area contributed by atoms with Crippen molar-refractivity contribution >= 4 is 38.6 Å². The minimum absolute atomic E-state index is 0.106. The summed E-state index contributed by atoms with van der Waals surface area (Å²) in [7, 11) is -3.77. The maximum absolute atomic E-state index is 12.2. The largest absolute Gasteiger partial charge is 0.317 e. The molecule has 1 aliphatic heterocycles. The van der Waals surface area contributed by atoms with Gasteiger partial charge in [0, 0.05) is 12.6 Å². The lowest BCUT2D eigenvalue weighted by molar-refractivity contribution is -0.384. The van der Waals surface area contributed by atoms with Gasteiger partial charge in [0.2, 0.25) is 10.0 Å². The normalized spacial score (nSPS) is 18.6. The molecule has 1 aromatic heterocycles. The van der Waals surface area contributed by atoms with E-state index in [4.69, 9.17) is 11.6 Å². The molecule has 7 nitrogen and oxygen atoms in total. The molecule has 0 aromatic carbocycles. The van der Waals surface area contributed by atoms with Crippen LogP contribution in [0.4, 0.5) is 5.69 Å². The summed E-state index contributed by atoms with van der Waals surface area (Å²) >= 11 is 6.39. The summed E-state index contributed by atoms with van der Waals surface area (Å²) in [5.41, 5.74) is -0.485. The van der Waals surface area contributed by atoms with Gasteiger partial charge in [0.15, 0.2) is 4.34 Å². The monoisotopic (exact) mass is 353 g/mol. The predicted molar refractivity (Wildman–Crippen MR) is 81.4 cm³/mol. The Morgan fingerprint density at radius 3 is 2.67 bits per heavy atom. The van der Waals surface area contributed by atoms with Gasteiger partial charge in [-0.2, -0.15) is 0 Å². The Morgan fingerprint density at radius 1 is 1.52 bits per heavy atom. The van der Waals surface area contributed by atoms with E-state index in [1.807, 2.05) is 6.92 Å². The van der Waals surface area contributed by atoms with Crippen LogP contribution in [0.15, 0.2) is 10.3 Å². The summed E-state index contributed by atoms with van der Waals surface area (Å²) in [6.07, 6.45) is 1.75. The summed E-state index contributed by atoms with van der Waals surface area (Å²) in [4.78, 5) is 10.0. The Bertz CT molecular complexity index is 638. The van der Waals surface area contributed by atoms with Crippen molar-refractivity contribution < 1.29 is 13.3 Å². The van der Waals surface area contributed by atoms with Crippen molar-refractivity contribution in [2.75, 3.05) is 19.6 Å². The lowest BCUT2D eigenvalue weighted by atomic mass is 9.81. The first-order chi connectivity index (χ1) is 9.73. The Balaban J connectivity index is 2.11. The Kier molecular flexibility index (Phi) is 4.89. The Morgan fingerprint density at radius 2 is 2.14 bits per heavy atom. The van der Waals surface area contributed by atoms with Crippen molar-refractivity contribution in [2.24, 2.45) is 5.41 Å². The molecule has 2 heterocycles. The molecule has 0 bridgehead atoms. The highest BCUT2D eigenvalue weighted by Crippen LogP contribution is 2.36. The van der Waals surface area contributed by atoms with E-state index in [0.29, 0.717) is 17.9 Å². The zero-order valence-electron chi connectivity index (χ0n) is 11.4. The van der Waals surface area contributed by atoms with Crippen LogP contribution < -0.4 is 10.0 Å². The van der Waals surface area contributed by atoms with Crippen LogP contribution in [0.3, 0.4) is 0 Å². The lowest BCUT2D eigenvalue weighted by Gasteiger charge is -2.33. The SMILES string of the molecule is CC1(CNS(=O)(=O)c2cc([N+](=O)[O-])c(Cl)s2)CCNCC1. The van der Waals surface area contributed by atoms with Gasteiger partial charge in [-0.15, -0.1) is 11.3 Å². The van der Waals surface area contributed by atoms with E-state index in [1.54, 1.807) is 0 Å². The van der Waals surface area contributed by atoms with Gasteiger partial charge >= 0.3 is 0 Å². The zero-order valence-corrected chi connectivity index (χ0v) is 13.8. The number of hydrogen-bond acceptors (Lipinski definition) is 6. The molecule has 0 radical (unpaired) electrons. The highest BCUT2D eigenvalue weighted by Gasteiger charge is 2.30. The number of sulfonamides is 1. The van der Waals surface area contributed by atoms with Gasteiger partial charge in [-0.05, 0) is 31.3 Å². The van der Waals surface area contributed by atoms with Crippen LogP contribution in [0.2, 0.25) is 4.34 Å². The fraction of sp³-hybridized carbons (Fsp3) is 0.636. The topological polar surface area (TPSA) is 101 Å². The number of nitro groups is 1. The molecule has 1 fully saturated rings. The maximum Gasteiger partial charge on any atom is 0.300 e. The summed E-state index contributed by atoms with van der Waals surface area (Å²) in [5.74, 6) is 0. The second kappa shape index (κ2) is 6.17. The lowest BCUT2D eigenvalue weighted by Crippen LogP contribution is -2.42. The number of halogens is 1. The number of nitrogens with one attached hydrogen (secondary N) is 2. The first kappa shape index (κ1) is 16.6. The van der Waals surface area contributed by atoms with Gasteiger partial charge in [0.05, 0.1) is 4.92 Å². The minimum atomic E-state index is -3.77. The van der Waals surface area contributed by atoms with Crippen LogP contribution in [-0.4, -0.2) is 33.0 Å². The third kappa shape index (κ3) is 3.92. The molecule has 0 aliphatic carbocycles. The molecule has 10 heteroatoms. The summed E-state index contributed by atoms with van der Waals surface area (Å²) in [6.45, 7) is 4.05. The molecule has 0 atom stereocenters.